The molecule has 3 fully saturated rings. The highest BCUT2D eigenvalue weighted by Gasteiger charge is 2.60. The van der Waals surface area contributed by atoms with Crippen LogP contribution >= 0.6 is 0 Å². The van der Waals surface area contributed by atoms with Crippen LogP contribution in [0.3, 0.4) is 0 Å². The number of halogens is 1. The summed E-state index contributed by atoms with van der Waals surface area (Å²) in [4.78, 5) is 12.3. The molecule has 4 rings (SSSR count). The Bertz CT molecular complexity index is 915. The van der Waals surface area contributed by atoms with E-state index in [4.69, 9.17) is 9.16 Å². The Morgan fingerprint density at radius 2 is 1.74 bits per heavy atom. The molecule has 0 aromatic rings. The average molecular weight is 505 g/mol. The van der Waals surface area contributed by atoms with Gasteiger partial charge in [-0.05, 0) is 110 Å². The van der Waals surface area contributed by atoms with Crippen molar-refractivity contribution in [3.63, 3.8) is 0 Å². The Balaban J connectivity index is 1.59. The van der Waals surface area contributed by atoms with Crippen molar-refractivity contribution in [2.24, 2.45) is 34.5 Å². The number of esters is 1. The van der Waals surface area contributed by atoms with E-state index in [9.17, 15) is 4.79 Å². The van der Waals surface area contributed by atoms with Gasteiger partial charge in [-0.15, -0.1) is 0 Å². The van der Waals surface area contributed by atoms with Crippen LogP contribution in [0.25, 0.3) is 0 Å². The second-order valence-corrected chi connectivity index (χ2v) is 18.8. The quantitative estimate of drug-likeness (QED) is 0.167. The average Bonchev–Trinajstić information content (AvgIpc) is 3.10. The Labute approximate surface area is 214 Å². The molecule has 3 saturated carbocycles. The van der Waals surface area contributed by atoms with E-state index in [0.717, 1.165) is 37.7 Å². The summed E-state index contributed by atoms with van der Waals surface area (Å²) in [6.45, 7) is 20.8. The third-order valence-corrected chi connectivity index (χ3v) is 15.7. The van der Waals surface area contributed by atoms with E-state index in [-0.39, 0.29) is 22.5 Å². The zero-order valence-corrected chi connectivity index (χ0v) is 24.7. The maximum atomic E-state index is 15.2. The van der Waals surface area contributed by atoms with Crippen LogP contribution in [0.1, 0.15) is 93.4 Å². The number of fused-ring (bicyclic) bond motifs is 5. The summed E-state index contributed by atoms with van der Waals surface area (Å²) in [5, 5.41) is 0.230. The fourth-order valence-corrected chi connectivity index (χ4v) is 9.56. The molecule has 4 aliphatic carbocycles. The molecule has 198 valence electrons. The molecule has 5 heteroatoms. The summed E-state index contributed by atoms with van der Waals surface area (Å²) in [6, 6.07) is 0. The maximum absolute atomic E-state index is 15.2. The predicted octanol–water partition coefficient (Wildman–Crippen LogP) is 8.37. The Morgan fingerprint density at radius 1 is 1.11 bits per heavy atom. The summed E-state index contributed by atoms with van der Waals surface area (Å²) in [6.07, 6.45) is 10.1. The molecule has 0 heterocycles. The van der Waals surface area contributed by atoms with Gasteiger partial charge in [0, 0.05) is 6.10 Å². The lowest BCUT2D eigenvalue weighted by Crippen LogP contribution is -2.53. The first-order valence-electron chi connectivity index (χ1n) is 14.1. The third-order valence-electron chi connectivity index (χ3n) is 11.2. The van der Waals surface area contributed by atoms with E-state index in [1.165, 1.54) is 6.42 Å². The molecule has 3 nitrogen and oxygen atoms in total. The van der Waals surface area contributed by atoms with Gasteiger partial charge in [0.2, 0.25) is 5.83 Å². The lowest BCUT2D eigenvalue weighted by Gasteiger charge is -2.59. The van der Waals surface area contributed by atoms with Gasteiger partial charge in [-0.3, -0.25) is 0 Å². The standard InChI is InChI=1S/C30H49FO3Si/c1-10-33-27(32)26(31)24-12-11-22-25-19(2)17-20-18-21(34-35(8,9)28(3,4)5)13-15-29(20,6)23(25)14-16-30(22,24)7/h17,19,21-23,25H,10-16,18H2,1-9H3/t19-,21?,22+,23+,25+,29+,30+/m1/s1. The number of allylic oxidation sites excluding steroid dienone is 2. The van der Waals surface area contributed by atoms with E-state index in [1.54, 1.807) is 12.5 Å². The first-order valence-corrected chi connectivity index (χ1v) is 17.0. The molecular weight excluding hydrogens is 455 g/mol. The van der Waals surface area contributed by atoms with Gasteiger partial charge in [-0.2, -0.15) is 4.39 Å². The number of ether oxygens (including phenoxy) is 1. The Hall–Kier alpha value is -0.943. The number of carbonyl (C=O) groups excluding carboxylic acids is 1. The normalized spacial score (nSPS) is 40.9. The summed E-state index contributed by atoms with van der Waals surface area (Å²) < 4.78 is 27.1. The van der Waals surface area contributed by atoms with Gasteiger partial charge >= 0.3 is 5.97 Å². The molecule has 0 bridgehead atoms. The van der Waals surface area contributed by atoms with Crippen LogP contribution < -0.4 is 0 Å². The largest absolute Gasteiger partial charge is 0.461 e. The summed E-state index contributed by atoms with van der Waals surface area (Å²) in [5.74, 6) is 0.718. The Morgan fingerprint density at radius 3 is 2.37 bits per heavy atom. The second kappa shape index (κ2) is 9.11. The summed E-state index contributed by atoms with van der Waals surface area (Å²) >= 11 is 0. The van der Waals surface area contributed by atoms with Crippen molar-refractivity contribution in [1.82, 2.24) is 0 Å². The van der Waals surface area contributed by atoms with Crippen molar-refractivity contribution in [1.29, 1.82) is 0 Å². The van der Waals surface area contributed by atoms with Crippen molar-refractivity contribution in [2.75, 3.05) is 6.61 Å². The summed E-state index contributed by atoms with van der Waals surface area (Å²) in [7, 11) is -1.79. The highest BCUT2D eigenvalue weighted by Crippen LogP contribution is 2.67. The molecule has 35 heavy (non-hydrogen) atoms. The molecule has 0 saturated heterocycles. The fourth-order valence-electron chi connectivity index (χ4n) is 8.17. The molecule has 0 N–H and O–H groups in total. The maximum Gasteiger partial charge on any atom is 0.367 e. The minimum absolute atomic E-state index is 0.216. The molecule has 7 atom stereocenters. The first kappa shape index (κ1) is 27.1. The van der Waals surface area contributed by atoms with Crippen molar-refractivity contribution in [2.45, 2.75) is 118 Å². The van der Waals surface area contributed by atoms with Crippen molar-refractivity contribution < 1.29 is 18.3 Å². The predicted molar refractivity (Wildman–Crippen MR) is 143 cm³/mol. The van der Waals surface area contributed by atoms with Gasteiger partial charge in [0.15, 0.2) is 8.32 Å². The monoisotopic (exact) mass is 504 g/mol. The van der Waals surface area contributed by atoms with Crippen LogP contribution in [0.15, 0.2) is 23.0 Å². The SMILES string of the molecule is CCOC(=O)C(F)=C1CC[C@H]2[C@@H]3[C@H](C)C=C4CC(O[Si](C)(C)C(C)(C)C)CC[C@]4(C)[C@H]3CC[C@]12C. The number of hydrogen-bond donors (Lipinski definition) is 0. The summed E-state index contributed by atoms with van der Waals surface area (Å²) in [5.41, 5.74) is 2.35. The first-order chi connectivity index (χ1) is 16.2. The van der Waals surface area contributed by atoms with Gasteiger partial charge in [-0.25, -0.2) is 4.79 Å². The van der Waals surface area contributed by atoms with E-state index in [1.807, 2.05) is 0 Å². The lowest BCUT2D eigenvalue weighted by molar-refractivity contribution is -0.140. The molecule has 4 aliphatic rings. The minimum Gasteiger partial charge on any atom is -0.461 e. The van der Waals surface area contributed by atoms with Crippen molar-refractivity contribution >= 4 is 14.3 Å². The van der Waals surface area contributed by atoms with E-state index >= 15 is 4.39 Å². The van der Waals surface area contributed by atoms with Gasteiger partial charge in [0.25, 0.3) is 0 Å². The van der Waals surface area contributed by atoms with Gasteiger partial charge in [0.05, 0.1) is 6.61 Å². The zero-order chi connectivity index (χ0) is 26.0. The topological polar surface area (TPSA) is 35.5 Å². The Kier molecular flexibility index (Phi) is 7.06. The number of rotatable bonds is 4. The van der Waals surface area contributed by atoms with Crippen LogP contribution in [-0.4, -0.2) is 27.0 Å². The molecule has 0 amide bonds. The molecular formula is C30H49FO3Si. The van der Waals surface area contributed by atoms with E-state index < -0.39 is 20.1 Å². The van der Waals surface area contributed by atoms with Crippen LogP contribution in [0.5, 0.6) is 0 Å². The van der Waals surface area contributed by atoms with Crippen molar-refractivity contribution in [3.8, 4) is 0 Å². The molecule has 1 unspecified atom stereocenters. The number of carbonyl (C=O) groups is 1. The zero-order valence-electron chi connectivity index (χ0n) is 23.7. The molecule has 0 aromatic heterocycles. The van der Waals surface area contributed by atoms with Crippen LogP contribution in [0.2, 0.25) is 18.1 Å². The second-order valence-electron chi connectivity index (χ2n) is 14.0. The lowest BCUT2D eigenvalue weighted by atomic mass is 9.46. The van der Waals surface area contributed by atoms with E-state index in [0.29, 0.717) is 36.2 Å². The van der Waals surface area contributed by atoms with Crippen LogP contribution in [0.4, 0.5) is 4.39 Å². The minimum atomic E-state index is -1.79. The number of hydrogen-bond acceptors (Lipinski definition) is 3. The van der Waals surface area contributed by atoms with Crippen molar-refractivity contribution in [3.05, 3.63) is 23.0 Å². The van der Waals surface area contributed by atoms with E-state index in [2.05, 4.69) is 60.7 Å². The molecule has 0 spiro atoms. The third kappa shape index (κ3) is 4.41. The smallest absolute Gasteiger partial charge is 0.367 e. The molecule has 0 aromatic carbocycles. The molecule has 0 radical (unpaired) electrons. The highest BCUT2D eigenvalue weighted by molar-refractivity contribution is 6.74. The fraction of sp³-hybridized carbons (Fsp3) is 0.833. The highest BCUT2D eigenvalue weighted by atomic mass is 28.4. The van der Waals surface area contributed by atoms with Crippen LogP contribution in [0, 0.1) is 34.5 Å². The van der Waals surface area contributed by atoms with Gasteiger partial charge in [0.1, 0.15) is 0 Å². The van der Waals surface area contributed by atoms with Crippen LogP contribution in [-0.2, 0) is 14.0 Å². The van der Waals surface area contributed by atoms with Gasteiger partial charge in [-0.1, -0.05) is 53.2 Å². The molecule has 0 aliphatic heterocycles. The van der Waals surface area contributed by atoms with Gasteiger partial charge < -0.3 is 9.16 Å².